The summed E-state index contributed by atoms with van der Waals surface area (Å²) in [6.45, 7) is 9.95. The number of carboxylic acids is 1. The molecule has 4 atom stereocenters. The zero-order chi connectivity index (χ0) is 29.2. The van der Waals surface area contributed by atoms with E-state index in [0.717, 1.165) is 42.8 Å². The number of nitrogens with zero attached hydrogens (tertiary/aromatic N) is 1. The van der Waals surface area contributed by atoms with Crippen molar-refractivity contribution in [3.8, 4) is 11.1 Å². The van der Waals surface area contributed by atoms with Gasteiger partial charge in [0.25, 0.3) is 0 Å². The highest BCUT2D eigenvalue weighted by molar-refractivity contribution is 5.78. The number of benzene rings is 3. The van der Waals surface area contributed by atoms with Crippen LogP contribution in [0.5, 0.6) is 0 Å². The van der Waals surface area contributed by atoms with Crippen LogP contribution in [-0.4, -0.2) is 29.1 Å². The average Bonchev–Trinajstić information content (AvgIpc) is 2.87. The van der Waals surface area contributed by atoms with Crippen LogP contribution in [0.3, 0.4) is 0 Å². The lowest BCUT2D eigenvalue weighted by molar-refractivity contribution is -0.139. The number of hydrogen-bond acceptors (Lipinski definition) is 2. The maximum Gasteiger partial charge on any atom is 0.416 e. The van der Waals surface area contributed by atoms with Gasteiger partial charge < -0.3 is 5.11 Å². The van der Waals surface area contributed by atoms with Crippen molar-refractivity contribution in [3.63, 3.8) is 0 Å². The second kappa shape index (κ2) is 12.1. The van der Waals surface area contributed by atoms with E-state index in [0.29, 0.717) is 34.9 Å². The maximum atomic E-state index is 14.0. The van der Waals surface area contributed by atoms with Crippen LogP contribution in [0.4, 0.5) is 17.6 Å². The number of carboxylic acid groups (broad SMARTS) is 1. The Morgan fingerprint density at radius 3 is 2.02 bits per heavy atom. The summed E-state index contributed by atoms with van der Waals surface area (Å²) in [4.78, 5) is 14.6. The summed E-state index contributed by atoms with van der Waals surface area (Å²) in [7, 11) is 0. The Morgan fingerprint density at radius 2 is 1.50 bits per heavy atom. The molecule has 0 radical (unpaired) electrons. The van der Waals surface area contributed by atoms with Gasteiger partial charge in [0, 0.05) is 13.1 Å². The van der Waals surface area contributed by atoms with Crippen LogP contribution < -0.4 is 0 Å². The molecular formula is C33H37F4NO2. The molecule has 7 heteroatoms. The highest BCUT2D eigenvalue weighted by Crippen LogP contribution is 2.41. The molecule has 0 aromatic heterocycles. The number of hydrogen-bond donors (Lipinski definition) is 1. The predicted molar refractivity (Wildman–Crippen MR) is 149 cm³/mol. The molecule has 40 heavy (non-hydrogen) atoms. The third kappa shape index (κ3) is 6.92. The van der Waals surface area contributed by atoms with Gasteiger partial charge >= 0.3 is 12.1 Å². The van der Waals surface area contributed by atoms with Crippen LogP contribution in [0.15, 0.2) is 66.7 Å². The van der Waals surface area contributed by atoms with Gasteiger partial charge in [0.1, 0.15) is 5.82 Å². The molecule has 0 aliphatic carbocycles. The topological polar surface area (TPSA) is 40.5 Å². The van der Waals surface area contributed by atoms with Gasteiger partial charge in [0.05, 0.1) is 17.5 Å². The molecule has 1 aliphatic heterocycles. The van der Waals surface area contributed by atoms with E-state index in [1.165, 1.54) is 24.3 Å². The Labute approximate surface area is 233 Å². The SMILES string of the molecule is CC(C)CC(C(=O)O)c1ccc(C(c2ccc(F)cc2)N2CC(C)CC(C)C2)c(-c2ccc(C(F)(F)F)cc2)c1. The zero-order valence-corrected chi connectivity index (χ0v) is 23.4. The summed E-state index contributed by atoms with van der Waals surface area (Å²) >= 11 is 0. The number of rotatable bonds is 8. The largest absolute Gasteiger partial charge is 0.481 e. The van der Waals surface area contributed by atoms with Gasteiger partial charge in [0.2, 0.25) is 0 Å². The van der Waals surface area contributed by atoms with Gasteiger partial charge in [-0.3, -0.25) is 9.69 Å². The van der Waals surface area contributed by atoms with E-state index in [1.54, 1.807) is 12.1 Å². The fraction of sp³-hybridized carbons (Fsp3) is 0.424. The summed E-state index contributed by atoms with van der Waals surface area (Å²) in [5, 5.41) is 10.0. The van der Waals surface area contributed by atoms with Crippen LogP contribution in [0.25, 0.3) is 11.1 Å². The summed E-state index contributed by atoms with van der Waals surface area (Å²) in [5.41, 5.74) is 2.85. The minimum Gasteiger partial charge on any atom is -0.481 e. The van der Waals surface area contributed by atoms with Crippen molar-refractivity contribution in [3.05, 3.63) is 94.8 Å². The second-order valence-electron chi connectivity index (χ2n) is 11.8. The van der Waals surface area contributed by atoms with Crippen molar-refractivity contribution in [1.29, 1.82) is 0 Å². The number of likely N-dealkylation sites (tertiary alicyclic amines) is 1. The molecule has 1 N–H and O–H groups in total. The highest BCUT2D eigenvalue weighted by Gasteiger charge is 2.33. The summed E-state index contributed by atoms with van der Waals surface area (Å²) in [6.07, 6.45) is -2.94. The van der Waals surface area contributed by atoms with Crippen LogP contribution in [0.1, 0.15) is 74.8 Å². The molecule has 4 unspecified atom stereocenters. The Bertz CT molecular complexity index is 1290. The predicted octanol–water partition coefficient (Wildman–Crippen LogP) is 8.79. The van der Waals surface area contributed by atoms with Crippen molar-refractivity contribution in [2.45, 2.75) is 58.7 Å². The summed E-state index contributed by atoms with van der Waals surface area (Å²) in [5.74, 6) is -1.03. The van der Waals surface area contributed by atoms with E-state index < -0.39 is 23.6 Å². The first-order chi connectivity index (χ1) is 18.8. The number of aliphatic carboxylic acids is 1. The minimum atomic E-state index is -4.47. The molecular weight excluding hydrogens is 518 g/mol. The van der Waals surface area contributed by atoms with E-state index in [-0.39, 0.29) is 17.8 Å². The monoisotopic (exact) mass is 555 g/mol. The molecule has 0 spiro atoms. The Hall–Kier alpha value is -3.19. The molecule has 0 bridgehead atoms. The molecule has 3 aromatic rings. The molecule has 3 nitrogen and oxygen atoms in total. The van der Waals surface area contributed by atoms with Crippen molar-refractivity contribution < 1.29 is 27.5 Å². The summed E-state index contributed by atoms with van der Waals surface area (Å²) in [6, 6.07) is 16.7. The Morgan fingerprint density at radius 1 is 0.925 bits per heavy atom. The van der Waals surface area contributed by atoms with Crippen LogP contribution in [0.2, 0.25) is 0 Å². The zero-order valence-electron chi connectivity index (χ0n) is 23.4. The van der Waals surface area contributed by atoms with Crippen molar-refractivity contribution in [1.82, 2.24) is 4.90 Å². The molecule has 214 valence electrons. The third-order valence-electron chi connectivity index (χ3n) is 7.75. The molecule has 1 aliphatic rings. The average molecular weight is 556 g/mol. The fourth-order valence-electron chi connectivity index (χ4n) is 6.12. The van der Waals surface area contributed by atoms with Crippen LogP contribution >= 0.6 is 0 Å². The molecule has 3 aromatic carbocycles. The first kappa shape index (κ1) is 29.8. The third-order valence-corrected chi connectivity index (χ3v) is 7.75. The lowest BCUT2D eigenvalue weighted by Crippen LogP contribution is -2.41. The Kier molecular flexibility index (Phi) is 9.03. The van der Waals surface area contributed by atoms with Crippen LogP contribution in [0, 0.1) is 23.6 Å². The van der Waals surface area contributed by atoms with Gasteiger partial charge in [-0.05, 0) is 88.7 Å². The van der Waals surface area contributed by atoms with Crippen molar-refractivity contribution >= 4 is 5.97 Å². The number of halogens is 4. The molecule has 1 heterocycles. The van der Waals surface area contributed by atoms with Crippen molar-refractivity contribution in [2.24, 2.45) is 17.8 Å². The first-order valence-electron chi connectivity index (χ1n) is 13.9. The lowest BCUT2D eigenvalue weighted by Gasteiger charge is -2.41. The quantitative estimate of drug-likeness (QED) is 0.283. The smallest absolute Gasteiger partial charge is 0.416 e. The number of alkyl halides is 3. The summed E-state index contributed by atoms with van der Waals surface area (Å²) < 4.78 is 54.1. The molecule has 1 fully saturated rings. The second-order valence-corrected chi connectivity index (χ2v) is 11.8. The first-order valence-corrected chi connectivity index (χ1v) is 13.9. The highest BCUT2D eigenvalue weighted by atomic mass is 19.4. The molecule has 0 amide bonds. The van der Waals surface area contributed by atoms with E-state index in [4.69, 9.17) is 0 Å². The standard InChI is InChI=1S/C33H37F4NO2/c1-20(2)15-30(32(39)40)25-9-14-28(29(17-25)23-5-10-26(11-6-23)33(35,36)37)31(24-7-12-27(34)13-8-24)38-18-21(3)16-22(4)19-38/h5-14,17,20-22,30-31H,15-16,18-19H2,1-4H3,(H,39,40). The van der Waals surface area contributed by atoms with Gasteiger partial charge in [-0.15, -0.1) is 0 Å². The fourth-order valence-corrected chi connectivity index (χ4v) is 6.12. The van der Waals surface area contributed by atoms with E-state index in [2.05, 4.69) is 18.7 Å². The van der Waals surface area contributed by atoms with Gasteiger partial charge in [-0.25, -0.2) is 4.39 Å². The van der Waals surface area contributed by atoms with Gasteiger partial charge in [-0.2, -0.15) is 13.2 Å². The van der Waals surface area contributed by atoms with Crippen molar-refractivity contribution in [2.75, 3.05) is 13.1 Å². The molecule has 4 rings (SSSR count). The van der Waals surface area contributed by atoms with E-state index >= 15 is 0 Å². The van der Waals surface area contributed by atoms with Gasteiger partial charge in [-0.1, -0.05) is 64.1 Å². The lowest BCUT2D eigenvalue weighted by atomic mass is 9.82. The van der Waals surface area contributed by atoms with Crippen LogP contribution in [-0.2, 0) is 11.0 Å². The normalized spacial score (nSPS) is 19.9. The maximum absolute atomic E-state index is 14.0. The molecule has 0 saturated carbocycles. The molecule has 1 saturated heterocycles. The number of carbonyl (C=O) groups is 1. The Balaban J connectivity index is 1.93. The van der Waals surface area contributed by atoms with E-state index in [1.807, 2.05) is 32.0 Å². The van der Waals surface area contributed by atoms with Gasteiger partial charge in [0.15, 0.2) is 0 Å². The number of piperidine rings is 1. The minimum absolute atomic E-state index is 0.138. The van der Waals surface area contributed by atoms with E-state index in [9.17, 15) is 27.5 Å².